The predicted octanol–water partition coefficient (Wildman–Crippen LogP) is 4.84. The maximum atomic E-state index is 12.9. The van der Waals surface area contributed by atoms with Gasteiger partial charge in [-0.1, -0.05) is 42.5 Å². The number of pyridine rings is 1. The molecule has 0 radical (unpaired) electrons. The molecule has 6 nitrogen and oxygen atoms in total. The van der Waals surface area contributed by atoms with Crippen LogP contribution in [0, 0.1) is 0 Å². The molecule has 34 heavy (non-hydrogen) atoms. The van der Waals surface area contributed by atoms with Crippen LogP contribution in [0.2, 0.25) is 0 Å². The molecule has 4 rings (SSSR count). The average molecular weight is 457 g/mol. The molecule has 2 N–H and O–H groups in total. The number of hydrogen-bond acceptors (Lipinski definition) is 5. The number of carbonyl (C=O) groups excluding carboxylic acids is 1. The molecule has 0 saturated carbocycles. The van der Waals surface area contributed by atoms with Gasteiger partial charge >= 0.3 is 0 Å². The summed E-state index contributed by atoms with van der Waals surface area (Å²) in [7, 11) is 3.25. The van der Waals surface area contributed by atoms with Crippen molar-refractivity contribution in [2.75, 3.05) is 20.8 Å². The Labute approximate surface area is 199 Å². The van der Waals surface area contributed by atoms with E-state index in [1.165, 1.54) is 0 Å². The molecular formula is C28H28N2O4. The summed E-state index contributed by atoms with van der Waals surface area (Å²) in [6.07, 6.45) is 2.56. The van der Waals surface area contributed by atoms with E-state index in [0.29, 0.717) is 24.0 Å². The lowest BCUT2D eigenvalue weighted by atomic mass is 9.87. The van der Waals surface area contributed by atoms with Crippen molar-refractivity contribution in [3.63, 3.8) is 0 Å². The SMILES string of the molecule is COc1ccc(CCNC(=O)CC(c2ccc(OC)cc2)c2ccc3cccnc3c2O)cc1. The monoisotopic (exact) mass is 456 g/mol. The van der Waals surface area contributed by atoms with Gasteiger partial charge in [-0.3, -0.25) is 9.78 Å². The lowest BCUT2D eigenvalue weighted by molar-refractivity contribution is -0.121. The van der Waals surface area contributed by atoms with E-state index in [2.05, 4.69) is 10.3 Å². The summed E-state index contributed by atoms with van der Waals surface area (Å²) in [5, 5.41) is 14.9. The highest BCUT2D eigenvalue weighted by Gasteiger charge is 2.23. The first kappa shape index (κ1) is 23.1. The number of carbonyl (C=O) groups is 1. The van der Waals surface area contributed by atoms with E-state index in [9.17, 15) is 9.90 Å². The van der Waals surface area contributed by atoms with Crippen LogP contribution in [0.15, 0.2) is 79.0 Å². The van der Waals surface area contributed by atoms with Crippen LogP contribution in [0.5, 0.6) is 17.2 Å². The Morgan fingerprint density at radius 1 is 0.941 bits per heavy atom. The Bertz CT molecular complexity index is 1250. The molecule has 0 aliphatic rings. The molecule has 1 aromatic heterocycles. The zero-order chi connectivity index (χ0) is 23.9. The molecule has 0 spiro atoms. The molecule has 0 saturated heterocycles. The molecule has 1 unspecified atom stereocenters. The molecular weight excluding hydrogens is 428 g/mol. The van der Waals surface area contributed by atoms with Crippen molar-refractivity contribution in [3.05, 3.63) is 95.7 Å². The minimum Gasteiger partial charge on any atom is -0.505 e. The summed E-state index contributed by atoms with van der Waals surface area (Å²) in [4.78, 5) is 17.3. The number of aromatic hydroxyl groups is 1. The van der Waals surface area contributed by atoms with Gasteiger partial charge in [0.25, 0.3) is 0 Å². The molecule has 6 heteroatoms. The third-order valence-corrected chi connectivity index (χ3v) is 5.96. The highest BCUT2D eigenvalue weighted by molar-refractivity contribution is 5.86. The fraction of sp³-hybridized carbons (Fsp3) is 0.214. The molecule has 0 bridgehead atoms. The van der Waals surface area contributed by atoms with Crippen LogP contribution in [-0.4, -0.2) is 36.8 Å². The fourth-order valence-electron chi connectivity index (χ4n) is 4.07. The summed E-state index contributed by atoms with van der Waals surface area (Å²) in [6.45, 7) is 0.520. The number of ether oxygens (including phenoxy) is 2. The van der Waals surface area contributed by atoms with E-state index in [1.807, 2.05) is 72.8 Å². The first-order valence-electron chi connectivity index (χ1n) is 11.2. The van der Waals surface area contributed by atoms with Gasteiger partial charge in [0.05, 0.1) is 14.2 Å². The molecule has 4 aromatic rings. The molecule has 3 aromatic carbocycles. The first-order valence-corrected chi connectivity index (χ1v) is 11.2. The molecule has 0 aliphatic heterocycles. The normalized spacial score (nSPS) is 11.7. The largest absolute Gasteiger partial charge is 0.505 e. The van der Waals surface area contributed by atoms with Gasteiger partial charge < -0.3 is 19.9 Å². The third-order valence-electron chi connectivity index (χ3n) is 5.96. The van der Waals surface area contributed by atoms with Crippen LogP contribution < -0.4 is 14.8 Å². The van der Waals surface area contributed by atoms with E-state index in [0.717, 1.165) is 28.0 Å². The number of phenols is 1. The zero-order valence-corrected chi connectivity index (χ0v) is 19.3. The summed E-state index contributed by atoms with van der Waals surface area (Å²) >= 11 is 0. The van der Waals surface area contributed by atoms with E-state index >= 15 is 0 Å². The van der Waals surface area contributed by atoms with E-state index < -0.39 is 0 Å². The standard InChI is InChI=1S/C28H28N2O4/c1-33-22-10-5-19(6-11-22)15-17-29-26(31)18-25(20-7-12-23(34-2)13-8-20)24-14-9-21-4-3-16-30-27(21)28(24)32/h3-14,16,25,32H,15,17-18H2,1-2H3,(H,29,31). The summed E-state index contributed by atoms with van der Waals surface area (Å²) < 4.78 is 10.5. The molecule has 1 heterocycles. The second-order valence-corrected chi connectivity index (χ2v) is 8.06. The minimum absolute atomic E-state index is 0.0881. The number of methoxy groups -OCH3 is 2. The Morgan fingerprint density at radius 3 is 2.29 bits per heavy atom. The second kappa shape index (κ2) is 10.7. The van der Waals surface area contributed by atoms with Crippen LogP contribution in [0.1, 0.15) is 29.0 Å². The summed E-state index contributed by atoms with van der Waals surface area (Å²) in [5.41, 5.74) is 3.22. The van der Waals surface area contributed by atoms with Crippen LogP contribution in [0.3, 0.4) is 0 Å². The number of phenolic OH excluding ortho intramolecular Hbond substituents is 1. The van der Waals surface area contributed by atoms with Crippen molar-refractivity contribution in [1.82, 2.24) is 10.3 Å². The molecule has 1 amide bonds. The number of fused-ring (bicyclic) bond motifs is 1. The van der Waals surface area contributed by atoms with E-state index in [4.69, 9.17) is 9.47 Å². The van der Waals surface area contributed by atoms with Crippen LogP contribution in [0.25, 0.3) is 10.9 Å². The number of hydrogen-bond donors (Lipinski definition) is 2. The molecule has 174 valence electrons. The highest BCUT2D eigenvalue weighted by atomic mass is 16.5. The number of aromatic nitrogens is 1. The Hall–Kier alpha value is -4.06. The number of benzene rings is 3. The maximum absolute atomic E-state index is 12.9. The zero-order valence-electron chi connectivity index (χ0n) is 19.3. The van der Waals surface area contributed by atoms with Crippen molar-refractivity contribution >= 4 is 16.8 Å². The van der Waals surface area contributed by atoms with E-state index in [1.54, 1.807) is 20.4 Å². The van der Waals surface area contributed by atoms with Crippen molar-refractivity contribution < 1.29 is 19.4 Å². The number of nitrogens with one attached hydrogen (secondary N) is 1. The van der Waals surface area contributed by atoms with Gasteiger partial charge in [0.2, 0.25) is 5.91 Å². The topological polar surface area (TPSA) is 80.7 Å². The average Bonchev–Trinajstić information content (AvgIpc) is 2.88. The molecule has 0 aliphatic carbocycles. The predicted molar refractivity (Wildman–Crippen MR) is 133 cm³/mol. The summed E-state index contributed by atoms with van der Waals surface area (Å²) in [6, 6.07) is 22.9. The van der Waals surface area contributed by atoms with Gasteiger partial charge in [0.1, 0.15) is 22.8 Å². The van der Waals surface area contributed by atoms with Crippen LogP contribution in [0.4, 0.5) is 0 Å². The van der Waals surface area contributed by atoms with Gasteiger partial charge in [-0.25, -0.2) is 0 Å². The van der Waals surface area contributed by atoms with Crippen molar-refractivity contribution in [2.24, 2.45) is 0 Å². The minimum atomic E-state index is -0.335. The molecule has 0 fully saturated rings. The number of rotatable bonds is 9. The smallest absolute Gasteiger partial charge is 0.220 e. The Kier molecular flexibility index (Phi) is 7.28. The van der Waals surface area contributed by atoms with E-state index in [-0.39, 0.29) is 24.0 Å². The first-order chi connectivity index (χ1) is 16.6. The van der Waals surface area contributed by atoms with Crippen LogP contribution >= 0.6 is 0 Å². The van der Waals surface area contributed by atoms with Gasteiger partial charge in [0, 0.05) is 36.0 Å². The quantitative estimate of drug-likeness (QED) is 0.377. The maximum Gasteiger partial charge on any atom is 0.220 e. The lowest BCUT2D eigenvalue weighted by Gasteiger charge is -2.20. The van der Waals surface area contributed by atoms with Crippen molar-refractivity contribution in [1.29, 1.82) is 0 Å². The summed E-state index contributed by atoms with van der Waals surface area (Å²) in [5.74, 6) is 1.22. The van der Waals surface area contributed by atoms with Crippen molar-refractivity contribution in [3.8, 4) is 17.2 Å². The van der Waals surface area contributed by atoms with Gasteiger partial charge in [0.15, 0.2) is 0 Å². The lowest BCUT2D eigenvalue weighted by Crippen LogP contribution is -2.27. The van der Waals surface area contributed by atoms with Gasteiger partial charge in [-0.05, 0) is 47.9 Å². The second-order valence-electron chi connectivity index (χ2n) is 8.06. The van der Waals surface area contributed by atoms with Gasteiger partial charge in [-0.15, -0.1) is 0 Å². The Balaban J connectivity index is 1.53. The Morgan fingerprint density at radius 2 is 1.62 bits per heavy atom. The van der Waals surface area contributed by atoms with Gasteiger partial charge in [-0.2, -0.15) is 0 Å². The van der Waals surface area contributed by atoms with Crippen LogP contribution in [-0.2, 0) is 11.2 Å². The molecule has 1 atom stereocenters. The number of nitrogens with zero attached hydrogens (tertiary/aromatic N) is 1. The van der Waals surface area contributed by atoms with Crippen molar-refractivity contribution in [2.45, 2.75) is 18.8 Å². The third kappa shape index (κ3) is 5.29. The highest BCUT2D eigenvalue weighted by Crippen LogP contribution is 2.38. The number of amides is 1. The fourth-order valence-corrected chi connectivity index (χ4v) is 4.07.